The average molecular weight is 246 g/mol. The van der Waals surface area contributed by atoms with Gasteiger partial charge in [0, 0.05) is 18.2 Å². The number of hydrogen-bond donors (Lipinski definition) is 2. The van der Waals surface area contributed by atoms with E-state index < -0.39 is 0 Å². The number of benzene rings is 1. The summed E-state index contributed by atoms with van der Waals surface area (Å²) >= 11 is 0. The molecular formula is C15H22N2O. The molecule has 3 heteroatoms. The van der Waals surface area contributed by atoms with Gasteiger partial charge in [0.05, 0.1) is 0 Å². The Balaban J connectivity index is 1.92. The Morgan fingerprint density at radius 1 is 1.17 bits per heavy atom. The minimum atomic E-state index is 0.0954. The van der Waals surface area contributed by atoms with E-state index in [-0.39, 0.29) is 22.7 Å². The van der Waals surface area contributed by atoms with Crippen molar-refractivity contribution in [3.63, 3.8) is 0 Å². The third-order valence-electron chi connectivity index (χ3n) is 4.73. The highest BCUT2D eigenvalue weighted by atomic mass is 16.2. The first-order valence-corrected chi connectivity index (χ1v) is 6.39. The van der Waals surface area contributed by atoms with Crippen LogP contribution >= 0.6 is 0 Å². The highest BCUT2D eigenvalue weighted by molar-refractivity contribution is 5.84. The number of amides is 1. The zero-order valence-electron chi connectivity index (χ0n) is 11.6. The molecule has 1 amide bonds. The van der Waals surface area contributed by atoms with Gasteiger partial charge in [-0.2, -0.15) is 0 Å². The molecule has 1 fully saturated rings. The lowest BCUT2D eigenvalue weighted by molar-refractivity contribution is -0.123. The maximum absolute atomic E-state index is 12.1. The summed E-state index contributed by atoms with van der Waals surface area (Å²) in [4.78, 5) is 12.1. The first-order chi connectivity index (χ1) is 8.26. The number of nitrogens with two attached hydrogens (primary N) is 1. The quantitative estimate of drug-likeness (QED) is 0.805. The highest BCUT2D eigenvalue weighted by Crippen LogP contribution is 2.68. The number of carbonyl (C=O) groups excluding carboxylic acids is 1. The van der Waals surface area contributed by atoms with Crippen LogP contribution in [0.15, 0.2) is 24.3 Å². The molecule has 0 atom stereocenters. The van der Waals surface area contributed by atoms with Crippen LogP contribution in [0.25, 0.3) is 0 Å². The lowest BCUT2D eigenvalue weighted by atomic mass is 10.0. The molecule has 1 aromatic rings. The van der Waals surface area contributed by atoms with Crippen LogP contribution in [0.2, 0.25) is 0 Å². The van der Waals surface area contributed by atoms with Crippen LogP contribution in [0.3, 0.4) is 0 Å². The molecule has 3 N–H and O–H groups in total. The van der Waals surface area contributed by atoms with Crippen LogP contribution in [-0.2, 0) is 11.3 Å². The van der Waals surface area contributed by atoms with Gasteiger partial charge in [0.1, 0.15) is 0 Å². The Morgan fingerprint density at radius 2 is 1.67 bits per heavy atom. The summed E-state index contributed by atoms with van der Waals surface area (Å²) in [6, 6.07) is 7.59. The minimum absolute atomic E-state index is 0.0954. The average Bonchev–Trinajstić information content (AvgIpc) is 2.68. The summed E-state index contributed by atoms with van der Waals surface area (Å²) in [6.45, 7) is 9.18. The molecule has 0 radical (unpaired) electrons. The van der Waals surface area contributed by atoms with Crippen molar-refractivity contribution in [1.82, 2.24) is 5.32 Å². The number of nitrogens with one attached hydrogen (secondary N) is 1. The molecule has 1 aliphatic carbocycles. The summed E-state index contributed by atoms with van der Waals surface area (Å²) in [5.74, 6) is 0.264. The van der Waals surface area contributed by atoms with E-state index in [1.54, 1.807) is 0 Å². The van der Waals surface area contributed by atoms with Gasteiger partial charge in [0.2, 0.25) is 5.91 Å². The molecule has 98 valence electrons. The zero-order chi connectivity index (χ0) is 13.6. The molecule has 0 aliphatic heterocycles. The summed E-state index contributed by atoms with van der Waals surface area (Å²) < 4.78 is 0. The fraction of sp³-hybridized carbons (Fsp3) is 0.533. The zero-order valence-corrected chi connectivity index (χ0v) is 11.6. The second kappa shape index (κ2) is 4.01. The first kappa shape index (κ1) is 12.9. The molecular weight excluding hydrogens is 224 g/mol. The normalized spacial score (nSPS) is 20.4. The largest absolute Gasteiger partial charge is 0.399 e. The van der Waals surface area contributed by atoms with Gasteiger partial charge in [-0.3, -0.25) is 4.79 Å². The molecule has 18 heavy (non-hydrogen) atoms. The lowest BCUT2D eigenvalue weighted by Gasteiger charge is -2.06. The van der Waals surface area contributed by atoms with E-state index >= 15 is 0 Å². The van der Waals surface area contributed by atoms with Crippen molar-refractivity contribution in [1.29, 1.82) is 0 Å². The Bertz CT molecular complexity index is 446. The summed E-state index contributed by atoms with van der Waals surface area (Å²) in [6.07, 6.45) is 0. The highest BCUT2D eigenvalue weighted by Gasteiger charge is 2.68. The standard InChI is InChI=1S/C15H22N2O/c1-14(2)12(15(14,3)4)13(18)17-9-10-5-7-11(16)8-6-10/h5-8,12H,9,16H2,1-4H3,(H,17,18). The number of carbonyl (C=O) groups is 1. The van der Waals surface area contributed by atoms with Crippen molar-refractivity contribution >= 4 is 11.6 Å². The number of rotatable bonds is 3. The van der Waals surface area contributed by atoms with E-state index in [4.69, 9.17) is 5.73 Å². The SMILES string of the molecule is CC1(C)C(C(=O)NCc2ccc(N)cc2)C1(C)C. The van der Waals surface area contributed by atoms with E-state index in [9.17, 15) is 4.79 Å². The molecule has 0 spiro atoms. The van der Waals surface area contributed by atoms with E-state index in [1.807, 2.05) is 24.3 Å². The number of hydrogen-bond acceptors (Lipinski definition) is 2. The molecule has 0 unspecified atom stereocenters. The monoisotopic (exact) mass is 246 g/mol. The number of anilines is 1. The molecule has 0 bridgehead atoms. The predicted molar refractivity (Wildman–Crippen MR) is 73.8 cm³/mol. The Hall–Kier alpha value is -1.51. The van der Waals surface area contributed by atoms with Crippen LogP contribution in [0.4, 0.5) is 5.69 Å². The van der Waals surface area contributed by atoms with Gasteiger partial charge in [-0.25, -0.2) is 0 Å². The topological polar surface area (TPSA) is 55.1 Å². The maximum atomic E-state index is 12.1. The van der Waals surface area contributed by atoms with Gasteiger partial charge in [0.15, 0.2) is 0 Å². The van der Waals surface area contributed by atoms with Crippen LogP contribution in [-0.4, -0.2) is 5.91 Å². The molecule has 1 aromatic carbocycles. The summed E-state index contributed by atoms with van der Waals surface area (Å²) in [5.41, 5.74) is 7.64. The van der Waals surface area contributed by atoms with Gasteiger partial charge < -0.3 is 11.1 Å². The van der Waals surface area contributed by atoms with Crippen molar-refractivity contribution in [3.8, 4) is 0 Å². The van der Waals surface area contributed by atoms with Gasteiger partial charge in [-0.15, -0.1) is 0 Å². The smallest absolute Gasteiger partial charge is 0.224 e. The molecule has 1 saturated carbocycles. The van der Waals surface area contributed by atoms with Gasteiger partial charge in [0.25, 0.3) is 0 Å². The van der Waals surface area contributed by atoms with Gasteiger partial charge >= 0.3 is 0 Å². The minimum Gasteiger partial charge on any atom is -0.399 e. The van der Waals surface area contributed by atoms with Crippen LogP contribution in [0, 0.1) is 16.7 Å². The van der Waals surface area contributed by atoms with Crippen molar-refractivity contribution < 1.29 is 4.79 Å². The molecule has 2 rings (SSSR count). The van der Waals surface area contributed by atoms with Crippen LogP contribution in [0.1, 0.15) is 33.3 Å². The Morgan fingerprint density at radius 3 is 2.11 bits per heavy atom. The summed E-state index contributed by atoms with van der Waals surface area (Å²) in [7, 11) is 0. The van der Waals surface area contributed by atoms with Crippen molar-refractivity contribution in [2.45, 2.75) is 34.2 Å². The lowest BCUT2D eigenvalue weighted by Crippen LogP contribution is -2.26. The predicted octanol–water partition coefficient (Wildman–Crippen LogP) is 2.57. The fourth-order valence-corrected chi connectivity index (χ4v) is 2.78. The summed E-state index contributed by atoms with van der Waals surface area (Å²) in [5, 5.41) is 3.01. The van der Waals surface area contributed by atoms with Crippen molar-refractivity contribution in [3.05, 3.63) is 29.8 Å². The van der Waals surface area contributed by atoms with Gasteiger partial charge in [-0.05, 0) is 28.5 Å². The fourth-order valence-electron chi connectivity index (χ4n) is 2.78. The van der Waals surface area contributed by atoms with Crippen LogP contribution in [0.5, 0.6) is 0 Å². The molecule has 1 aliphatic rings. The van der Waals surface area contributed by atoms with Gasteiger partial charge in [-0.1, -0.05) is 39.8 Å². The Kier molecular flexibility index (Phi) is 2.88. The molecule has 0 heterocycles. The maximum Gasteiger partial charge on any atom is 0.224 e. The van der Waals surface area contributed by atoms with E-state index in [1.165, 1.54) is 0 Å². The number of nitrogen functional groups attached to an aromatic ring is 1. The molecule has 0 saturated heterocycles. The van der Waals surface area contributed by atoms with E-state index in [2.05, 4.69) is 33.0 Å². The first-order valence-electron chi connectivity index (χ1n) is 6.39. The Labute approximate surface area is 109 Å². The second-order valence-corrected chi connectivity index (χ2v) is 6.34. The van der Waals surface area contributed by atoms with Crippen molar-refractivity contribution in [2.24, 2.45) is 16.7 Å². The van der Waals surface area contributed by atoms with Crippen LogP contribution < -0.4 is 11.1 Å². The second-order valence-electron chi connectivity index (χ2n) is 6.34. The van der Waals surface area contributed by atoms with E-state index in [0.29, 0.717) is 6.54 Å². The molecule has 3 nitrogen and oxygen atoms in total. The van der Waals surface area contributed by atoms with E-state index in [0.717, 1.165) is 11.3 Å². The van der Waals surface area contributed by atoms with Crippen molar-refractivity contribution in [2.75, 3.05) is 5.73 Å². The third kappa shape index (κ3) is 1.98. The molecule has 0 aromatic heterocycles. The third-order valence-corrected chi connectivity index (χ3v) is 4.73.